The van der Waals surface area contributed by atoms with Gasteiger partial charge in [-0.3, -0.25) is 4.79 Å². The lowest BCUT2D eigenvalue weighted by atomic mass is 10.1. The number of carbonyl (C=O) groups excluding carboxylic acids is 2. The van der Waals surface area contributed by atoms with E-state index in [1.807, 2.05) is 4.90 Å². The molecule has 8 heteroatoms. The molecule has 2 bridgehead atoms. The lowest BCUT2D eigenvalue weighted by molar-refractivity contribution is -0.142. The highest BCUT2D eigenvalue weighted by Crippen LogP contribution is 2.29. The number of nitrogens with one attached hydrogen (secondary N) is 1. The molecule has 8 nitrogen and oxygen atoms in total. The quantitative estimate of drug-likeness (QED) is 0.776. The van der Waals surface area contributed by atoms with Crippen LogP contribution in [-0.4, -0.2) is 64.9 Å². The average Bonchev–Trinajstić information content (AvgIpc) is 2.70. The molecule has 3 atom stereocenters. The maximum atomic E-state index is 12.4. The molecule has 2 fully saturated rings. The van der Waals surface area contributed by atoms with Gasteiger partial charge >= 0.3 is 12.1 Å². The van der Waals surface area contributed by atoms with Crippen LogP contribution in [0.15, 0.2) is 0 Å². The van der Waals surface area contributed by atoms with E-state index in [1.165, 1.54) is 0 Å². The Hall–Kier alpha value is -1.83. The zero-order valence-electron chi connectivity index (χ0n) is 14.4. The summed E-state index contributed by atoms with van der Waals surface area (Å²) in [6.07, 6.45) is 1.15. The summed E-state index contributed by atoms with van der Waals surface area (Å²) in [7, 11) is 0. The second-order valence-corrected chi connectivity index (χ2v) is 7.30. The SMILES string of the molecule is CC(C)(C)OC(=O)N[C@H](CCC(=O)N1C2CCC1COC2)C(=O)O. The predicted octanol–water partition coefficient (Wildman–Crippen LogP) is 1.13. The molecule has 2 aliphatic rings. The van der Waals surface area contributed by atoms with Crippen molar-refractivity contribution in [1.29, 1.82) is 0 Å². The van der Waals surface area contributed by atoms with Gasteiger partial charge in [0, 0.05) is 6.42 Å². The molecule has 2 N–H and O–H groups in total. The average molecular weight is 342 g/mol. The van der Waals surface area contributed by atoms with Crippen LogP contribution < -0.4 is 5.32 Å². The summed E-state index contributed by atoms with van der Waals surface area (Å²) in [5.74, 6) is -1.26. The van der Waals surface area contributed by atoms with E-state index in [9.17, 15) is 19.5 Å². The maximum Gasteiger partial charge on any atom is 0.408 e. The summed E-state index contributed by atoms with van der Waals surface area (Å²) in [6, 6.07) is -0.959. The van der Waals surface area contributed by atoms with Gasteiger partial charge in [0.2, 0.25) is 5.91 Å². The van der Waals surface area contributed by atoms with E-state index < -0.39 is 23.7 Å². The second kappa shape index (κ2) is 7.38. The first kappa shape index (κ1) is 18.5. The van der Waals surface area contributed by atoms with Crippen LogP contribution in [0.4, 0.5) is 4.79 Å². The summed E-state index contributed by atoms with van der Waals surface area (Å²) >= 11 is 0. The van der Waals surface area contributed by atoms with Gasteiger partial charge in [-0.2, -0.15) is 0 Å². The van der Waals surface area contributed by atoms with E-state index in [2.05, 4.69) is 5.32 Å². The number of morpholine rings is 1. The minimum absolute atomic E-state index is 0.0320. The largest absolute Gasteiger partial charge is 0.480 e. The van der Waals surface area contributed by atoms with Crippen LogP contribution in [-0.2, 0) is 19.1 Å². The van der Waals surface area contributed by atoms with Crippen LogP contribution in [0.25, 0.3) is 0 Å². The topological polar surface area (TPSA) is 105 Å². The fourth-order valence-electron chi connectivity index (χ4n) is 3.14. The fourth-order valence-corrected chi connectivity index (χ4v) is 3.14. The highest BCUT2D eigenvalue weighted by molar-refractivity contribution is 5.82. The van der Waals surface area contributed by atoms with Gasteiger partial charge in [0.05, 0.1) is 25.3 Å². The van der Waals surface area contributed by atoms with Gasteiger partial charge in [0.15, 0.2) is 0 Å². The Morgan fingerprint density at radius 1 is 1.25 bits per heavy atom. The van der Waals surface area contributed by atoms with Gasteiger partial charge in [-0.15, -0.1) is 0 Å². The van der Waals surface area contributed by atoms with Crippen LogP contribution in [0.1, 0.15) is 46.5 Å². The third-order valence-corrected chi connectivity index (χ3v) is 4.16. The standard InChI is InChI=1S/C16H26N2O6/c1-16(2,3)24-15(22)17-12(14(20)21)6-7-13(19)18-10-4-5-11(18)9-23-8-10/h10-12H,4-9H2,1-3H3,(H,17,22)(H,20,21)/t10?,11?,12-/m1/s1. The number of carboxylic acid groups (broad SMARTS) is 1. The first-order valence-corrected chi connectivity index (χ1v) is 8.28. The van der Waals surface area contributed by atoms with Gasteiger partial charge in [-0.05, 0) is 40.0 Å². The summed E-state index contributed by atoms with van der Waals surface area (Å²) < 4.78 is 10.5. The Bertz CT molecular complexity index is 485. The van der Waals surface area contributed by atoms with Crippen LogP contribution >= 0.6 is 0 Å². The second-order valence-electron chi connectivity index (χ2n) is 7.30. The Morgan fingerprint density at radius 2 is 1.83 bits per heavy atom. The molecule has 136 valence electrons. The predicted molar refractivity (Wildman–Crippen MR) is 84.5 cm³/mol. The van der Waals surface area contributed by atoms with Crippen molar-refractivity contribution in [2.75, 3.05) is 13.2 Å². The Morgan fingerprint density at radius 3 is 2.33 bits per heavy atom. The third kappa shape index (κ3) is 4.83. The molecule has 0 aromatic heterocycles. The number of rotatable bonds is 5. The van der Waals surface area contributed by atoms with Crippen LogP contribution in [0.3, 0.4) is 0 Å². The molecule has 0 aromatic carbocycles. The van der Waals surface area contributed by atoms with Crippen molar-refractivity contribution in [3.05, 3.63) is 0 Å². The van der Waals surface area contributed by atoms with Gasteiger partial charge in [-0.1, -0.05) is 0 Å². The molecule has 0 radical (unpaired) electrons. The maximum absolute atomic E-state index is 12.4. The molecule has 2 rings (SSSR count). The van der Waals surface area contributed by atoms with E-state index in [1.54, 1.807) is 20.8 Å². The zero-order chi connectivity index (χ0) is 17.9. The molecular weight excluding hydrogens is 316 g/mol. The number of nitrogens with zero attached hydrogens (tertiary/aromatic N) is 1. The lowest BCUT2D eigenvalue weighted by Gasteiger charge is -2.35. The minimum Gasteiger partial charge on any atom is -0.480 e. The highest BCUT2D eigenvalue weighted by Gasteiger charge is 2.40. The van der Waals surface area contributed by atoms with Crippen molar-refractivity contribution in [3.8, 4) is 0 Å². The van der Waals surface area contributed by atoms with Crippen molar-refractivity contribution in [2.24, 2.45) is 0 Å². The number of carbonyl (C=O) groups is 3. The summed E-state index contributed by atoms with van der Waals surface area (Å²) in [6.45, 7) is 6.17. The van der Waals surface area contributed by atoms with Gasteiger partial charge in [0.25, 0.3) is 0 Å². The number of hydrogen-bond donors (Lipinski definition) is 2. The van der Waals surface area contributed by atoms with Gasteiger partial charge in [-0.25, -0.2) is 9.59 Å². The summed E-state index contributed by atoms with van der Waals surface area (Å²) in [4.78, 5) is 37.3. The smallest absolute Gasteiger partial charge is 0.408 e. The molecule has 2 amide bonds. The molecule has 2 aliphatic heterocycles. The Balaban J connectivity index is 1.86. The number of carboxylic acids is 1. The van der Waals surface area contributed by atoms with E-state index >= 15 is 0 Å². The van der Waals surface area contributed by atoms with E-state index in [-0.39, 0.29) is 30.8 Å². The van der Waals surface area contributed by atoms with Crippen LogP contribution in [0.5, 0.6) is 0 Å². The molecule has 0 spiro atoms. The van der Waals surface area contributed by atoms with Gasteiger partial charge in [0.1, 0.15) is 11.6 Å². The first-order chi connectivity index (χ1) is 11.2. The molecule has 0 aromatic rings. The molecule has 0 aliphatic carbocycles. The third-order valence-electron chi connectivity index (χ3n) is 4.16. The minimum atomic E-state index is -1.18. The number of amides is 2. The number of hydrogen-bond acceptors (Lipinski definition) is 5. The summed E-state index contributed by atoms with van der Waals surface area (Å²) in [5.41, 5.74) is -0.712. The first-order valence-electron chi connectivity index (χ1n) is 8.28. The van der Waals surface area contributed by atoms with Crippen molar-refractivity contribution in [1.82, 2.24) is 10.2 Å². The van der Waals surface area contributed by atoms with E-state index in [4.69, 9.17) is 9.47 Å². The number of fused-ring (bicyclic) bond motifs is 2. The zero-order valence-corrected chi connectivity index (χ0v) is 14.4. The van der Waals surface area contributed by atoms with Crippen LogP contribution in [0.2, 0.25) is 0 Å². The van der Waals surface area contributed by atoms with Crippen molar-refractivity contribution < 1.29 is 29.0 Å². The molecule has 2 saturated heterocycles. The number of ether oxygens (including phenoxy) is 2. The van der Waals surface area contributed by atoms with Crippen molar-refractivity contribution >= 4 is 18.0 Å². The van der Waals surface area contributed by atoms with E-state index in [0.29, 0.717) is 13.2 Å². The Kier molecular flexibility index (Phi) is 5.69. The number of alkyl carbamates (subject to hydrolysis) is 1. The molecule has 2 unspecified atom stereocenters. The van der Waals surface area contributed by atoms with Crippen molar-refractivity contribution in [2.45, 2.75) is 70.2 Å². The normalized spacial score (nSPS) is 24.4. The fraction of sp³-hybridized carbons (Fsp3) is 0.812. The summed E-state index contributed by atoms with van der Waals surface area (Å²) in [5, 5.41) is 11.6. The molecule has 2 heterocycles. The van der Waals surface area contributed by atoms with Gasteiger partial charge < -0.3 is 24.8 Å². The highest BCUT2D eigenvalue weighted by atomic mass is 16.6. The van der Waals surface area contributed by atoms with E-state index in [0.717, 1.165) is 12.8 Å². The molecular formula is C16H26N2O6. The number of aliphatic carboxylic acids is 1. The van der Waals surface area contributed by atoms with Crippen molar-refractivity contribution in [3.63, 3.8) is 0 Å². The van der Waals surface area contributed by atoms with Crippen LogP contribution in [0, 0.1) is 0 Å². The molecule has 24 heavy (non-hydrogen) atoms. The monoisotopic (exact) mass is 342 g/mol. The molecule has 0 saturated carbocycles. The Labute approximate surface area is 141 Å². The lowest BCUT2D eigenvalue weighted by Crippen LogP contribution is -2.50.